The molecule has 0 fully saturated rings. The third-order valence-electron chi connectivity index (χ3n) is 4.14. The number of benzene rings is 3. The number of hydrogen-bond acceptors (Lipinski definition) is 0. The molecule has 4 aromatic rings. The summed E-state index contributed by atoms with van der Waals surface area (Å²) in [5.41, 5.74) is 6.23. The lowest BCUT2D eigenvalue weighted by atomic mass is 10.1. The Labute approximate surface area is 130 Å². The van der Waals surface area contributed by atoms with E-state index in [9.17, 15) is 0 Å². The molecule has 1 heteroatoms. The van der Waals surface area contributed by atoms with Crippen LogP contribution >= 0.6 is 0 Å². The van der Waals surface area contributed by atoms with Crippen LogP contribution in [0.15, 0.2) is 84.9 Å². The minimum absolute atomic E-state index is 1.23. The Kier molecular flexibility index (Phi) is 3.05. The van der Waals surface area contributed by atoms with E-state index in [0.717, 1.165) is 0 Å². The fourth-order valence-electron chi connectivity index (χ4n) is 3.05. The zero-order chi connectivity index (χ0) is 14.9. The summed E-state index contributed by atoms with van der Waals surface area (Å²) in [5, 5.41) is 1.27. The summed E-state index contributed by atoms with van der Waals surface area (Å²) in [6.07, 6.45) is 0. The first kappa shape index (κ1) is 12.9. The highest BCUT2D eigenvalue weighted by atomic mass is 15.0. The molecule has 22 heavy (non-hydrogen) atoms. The van der Waals surface area contributed by atoms with Gasteiger partial charge in [-0.15, -0.1) is 0 Å². The first-order valence-corrected chi connectivity index (χ1v) is 7.56. The number of aromatic nitrogens is 1. The molecule has 1 heterocycles. The van der Waals surface area contributed by atoms with Crippen LogP contribution in [0.5, 0.6) is 0 Å². The molecule has 0 unspecified atom stereocenters. The molecule has 106 valence electrons. The van der Waals surface area contributed by atoms with Gasteiger partial charge in [0.05, 0.1) is 11.2 Å². The number of aryl methyl sites for hydroxylation is 1. The van der Waals surface area contributed by atoms with E-state index < -0.39 is 0 Å². The third-order valence-corrected chi connectivity index (χ3v) is 4.14. The van der Waals surface area contributed by atoms with Crippen molar-refractivity contribution in [3.63, 3.8) is 0 Å². The molecular weight excluding hydrogens is 266 g/mol. The van der Waals surface area contributed by atoms with Crippen LogP contribution in [0.1, 0.15) is 5.56 Å². The Morgan fingerprint density at radius 2 is 1.36 bits per heavy atom. The second kappa shape index (κ2) is 5.19. The van der Waals surface area contributed by atoms with E-state index in [1.165, 1.54) is 33.4 Å². The number of rotatable bonds is 2. The first-order valence-electron chi connectivity index (χ1n) is 7.56. The van der Waals surface area contributed by atoms with E-state index in [1.54, 1.807) is 0 Å². The van der Waals surface area contributed by atoms with E-state index in [1.807, 2.05) is 0 Å². The minimum atomic E-state index is 1.23. The monoisotopic (exact) mass is 283 g/mol. The maximum absolute atomic E-state index is 2.36. The van der Waals surface area contributed by atoms with Crippen molar-refractivity contribution in [2.75, 3.05) is 0 Å². The Bertz CT molecular complexity index is 932. The van der Waals surface area contributed by atoms with E-state index >= 15 is 0 Å². The quantitative estimate of drug-likeness (QED) is 0.451. The number of nitrogens with zero attached hydrogens (tertiary/aromatic N) is 1. The fraction of sp³-hybridized carbons (Fsp3) is 0.0476. The minimum Gasteiger partial charge on any atom is -0.309 e. The van der Waals surface area contributed by atoms with Crippen LogP contribution in [-0.2, 0) is 0 Å². The molecule has 0 atom stereocenters. The van der Waals surface area contributed by atoms with Gasteiger partial charge in [-0.2, -0.15) is 0 Å². The highest BCUT2D eigenvalue weighted by molar-refractivity contribution is 5.89. The van der Waals surface area contributed by atoms with Crippen LogP contribution in [-0.4, -0.2) is 4.57 Å². The largest absolute Gasteiger partial charge is 0.309 e. The van der Waals surface area contributed by atoms with E-state index in [2.05, 4.69) is 96.4 Å². The van der Waals surface area contributed by atoms with Crippen LogP contribution in [0.4, 0.5) is 0 Å². The molecular formula is C21H17N. The predicted octanol–water partition coefficient (Wildman–Crippen LogP) is 5.61. The summed E-state index contributed by atoms with van der Waals surface area (Å²) in [4.78, 5) is 0. The summed E-state index contributed by atoms with van der Waals surface area (Å²) in [5.74, 6) is 0. The standard InChI is InChI=1S/C21H17N/c1-16-9-5-7-13-19(16)22-20-14-8-6-12-18(20)15-21(22)17-10-3-2-4-11-17/h2-15H,1H3. The highest BCUT2D eigenvalue weighted by Gasteiger charge is 2.12. The lowest BCUT2D eigenvalue weighted by Gasteiger charge is -2.13. The summed E-state index contributed by atoms with van der Waals surface area (Å²) >= 11 is 0. The van der Waals surface area contributed by atoms with Crippen LogP contribution < -0.4 is 0 Å². The predicted molar refractivity (Wildman–Crippen MR) is 93.4 cm³/mol. The van der Waals surface area contributed by atoms with Gasteiger partial charge in [0, 0.05) is 11.1 Å². The lowest BCUT2D eigenvalue weighted by Crippen LogP contribution is -1.98. The molecule has 0 spiro atoms. The van der Waals surface area contributed by atoms with Gasteiger partial charge in [0.25, 0.3) is 0 Å². The molecule has 0 saturated carbocycles. The fourth-order valence-corrected chi connectivity index (χ4v) is 3.05. The summed E-state index contributed by atoms with van der Waals surface area (Å²) in [6.45, 7) is 2.17. The Morgan fingerprint density at radius 1 is 0.682 bits per heavy atom. The Morgan fingerprint density at radius 3 is 2.18 bits per heavy atom. The van der Waals surface area contributed by atoms with Gasteiger partial charge < -0.3 is 4.57 Å². The molecule has 0 saturated heterocycles. The SMILES string of the molecule is Cc1ccccc1-n1c(-c2ccccc2)cc2ccccc21. The van der Waals surface area contributed by atoms with Gasteiger partial charge in [0.15, 0.2) is 0 Å². The maximum Gasteiger partial charge on any atom is 0.0541 e. The maximum atomic E-state index is 2.36. The molecule has 1 aromatic heterocycles. The average Bonchev–Trinajstić information content (AvgIpc) is 2.95. The van der Waals surface area contributed by atoms with Crippen molar-refractivity contribution in [3.05, 3.63) is 90.5 Å². The van der Waals surface area contributed by atoms with Gasteiger partial charge in [-0.1, -0.05) is 66.7 Å². The smallest absolute Gasteiger partial charge is 0.0541 e. The lowest BCUT2D eigenvalue weighted by molar-refractivity contribution is 1.11. The van der Waals surface area contributed by atoms with Crippen molar-refractivity contribution in [1.29, 1.82) is 0 Å². The molecule has 1 nitrogen and oxygen atoms in total. The summed E-state index contributed by atoms with van der Waals surface area (Å²) in [6, 6.07) is 30.0. The van der Waals surface area contributed by atoms with Gasteiger partial charge in [0.2, 0.25) is 0 Å². The van der Waals surface area contributed by atoms with Crippen molar-refractivity contribution >= 4 is 10.9 Å². The number of fused-ring (bicyclic) bond motifs is 1. The molecule has 4 rings (SSSR count). The van der Waals surface area contributed by atoms with Gasteiger partial charge in [-0.3, -0.25) is 0 Å². The van der Waals surface area contributed by atoms with Crippen molar-refractivity contribution in [1.82, 2.24) is 4.57 Å². The van der Waals surface area contributed by atoms with Crippen molar-refractivity contribution < 1.29 is 0 Å². The Hall–Kier alpha value is -2.80. The van der Waals surface area contributed by atoms with Crippen LogP contribution in [0.3, 0.4) is 0 Å². The van der Waals surface area contributed by atoms with Crippen molar-refractivity contribution in [3.8, 4) is 16.9 Å². The molecule has 0 radical (unpaired) electrons. The Balaban J connectivity index is 2.10. The van der Waals surface area contributed by atoms with E-state index in [0.29, 0.717) is 0 Å². The van der Waals surface area contributed by atoms with Crippen LogP contribution in [0, 0.1) is 6.92 Å². The summed E-state index contributed by atoms with van der Waals surface area (Å²) < 4.78 is 2.36. The molecule has 0 bridgehead atoms. The highest BCUT2D eigenvalue weighted by Crippen LogP contribution is 2.32. The van der Waals surface area contributed by atoms with Gasteiger partial charge in [0.1, 0.15) is 0 Å². The van der Waals surface area contributed by atoms with E-state index in [4.69, 9.17) is 0 Å². The molecule has 0 amide bonds. The third kappa shape index (κ3) is 2.03. The molecule has 0 N–H and O–H groups in total. The number of para-hydroxylation sites is 2. The molecule has 0 aliphatic carbocycles. The second-order valence-electron chi connectivity index (χ2n) is 5.58. The van der Waals surface area contributed by atoms with Gasteiger partial charge >= 0.3 is 0 Å². The zero-order valence-corrected chi connectivity index (χ0v) is 12.5. The normalized spacial score (nSPS) is 11.0. The average molecular weight is 283 g/mol. The second-order valence-corrected chi connectivity index (χ2v) is 5.58. The van der Waals surface area contributed by atoms with Gasteiger partial charge in [-0.05, 0) is 36.2 Å². The van der Waals surface area contributed by atoms with Crippen LogP contribution in [0.2, 0.25) is 0 Å². The molecule has 0 aliphatic rings. The molecule has 0 aliphatic heterocycles. The molecule has 3 aromatic carbocycles. The van der Waals surface area contributed by atoms with Crippen LogP contribution in [0.25, 0.3) is 27.8 Å². The zero-order valence-electron chi connectivity index (χ0n) is 12.5. The summed E-state index contributed by atoms with van der Waals surface area (Å²) in [7, 11) is 0. The van der Waals surface area contributed by atoms with E-state index in [-0.39, 0.29) is 0 Å². The van der Waals surface area contributed by atoms with Crippen molar-refractivity contribution in [2.45, 2.75) is 6.92 Å². The first-order chi connectivity index (χ1) is 10.8. The van der Waals surface area contributed by atoms with Crippen molar-refractivity contribution in [2.24, 2.45) is 0 Å². The number of hydrogen-bond donors (Lipinski definition) is 0. The van der Waals surface area contributed by atoms with Gasteiger partial charge in [-0.25, -0.2) is 0 Å². The topological polar surface area (TPSA) is 4.93 Å².